The second-order valence-corrected chi connectivity index (χ2v) is 13.7. The van der Waals surface area contributed by atoms with Gasteiger partial charge in [0.05, 0.1) is 27.8 Å². The molecule has 2 amide bonds. The lowest BCUT2D eigenvalue weighted by Gasteiger charge is -2.28. The van der Waals surface area contributed by atoms with Crippen LogP contribution in [0.3, 0.4) is 0 Å². The molecule has 2 aromatic heterocycles. The van der Waals surface area contributed by atoms with Crippen LogP contribution in [0.2, 0.25) is 0 Å². The van der Waals surface area contributed by atoms with E-state index in [0.717, 1.165) is 56.0 Å². The Morgan fingerprint density at radius 2 is 1.55 bits per heavy atom. The van der Waals surface area contributed by atoms with Crippen molar-refractivity contribution in [2.24, 2.45) is 11.5 Å². The molecule has 6 aromatic rings. The van der Waals surface area contributed by atoms with Crippen LogP contribution in [-0.2, 0) is 0 Å². The Labute approximate surface area is 302 Å². The maximum absolute atomic E-state index is 15.0. The first-order valence-corrected chi connectivity index (χ1v) is 17.5. The quantitative estimate of drug-likeness (QED) is 0.128. The van der Waals surface area contributed by atoms with Gasteiger partial charge >= 0.3 is 0 Å². The SMILES string of the molecule is CC(C)N1CCCC1c1ccc(-c2nc3c(C(N)=O)cccc3n2F)c(F)c1.NC(=O)c1cc(F)cc2[nH]c(-c3ccc(C4CCCN4)cc3F)nc12. The first-order chi connectivity index (χ1) is 25.4. The number of halogens is 4. The molecule has 6 N–H and O–H groups in total. The number of imidazole rings is 2. The van der Waals surface area contributed by atoms with E-state index in [1.54, 1.807) is 12.1 Å². The number of amides is 2. The van der Waals surface area contributed by atoms with Crippen molar-refractivity contribution in [3.05, 3.63) is 106 Å². The van der Waals surface area contributed by atoms with E-state index in [2.05, 4.69) is 39.0 Å². The molecule has 2 saturated heterocycles. The lowest BCUT2D eigenvalue weighted by atomic mass is 10.0. The Hall–Kier alpha value is -5.60. The van der Waals surface area contributed by atoms with Crippen LogP contribution in [-0.4, -0.2) is 55.6 Å². The fraction of sp³-hybridized carbons (Fsp3) is 0.282. The lowest BCUT2D eigenvalue weighted by Crippen LogP contribution is -2.30. The number of nitrogens with one attached hydrogen (secondary N) is 2. The van der Waals surface area contributed by atoms with Gasteiger partial charge in [-0.25, -0.2) is 23.1 Å². The lowest BCUT2D eigenvalue weighted by molar-refractivity contribution is 0.0993. The van der Waals surface area contributed by atoms with E-state index >= 15 is 0 Å². The van der Waals surface area contributed by atoms with Gasteiger partial charge in [0.1, 0.15) is 39.8 Å². The van der Waals surface area contributed by atoms with Crippen molar-refractivity contribution < 1.29 is 27.2 Å². The van der Waals surface area contributed by atoms with E-state index in [4.69, 9.17) is 11.5 Å². The molecule has 2 fully saturated rings. The highest BCUT2D eigenvalue weighted by Gasteiger charge is 2.29. The summed E-state index contributed by atoms with van der Waals surface area (Å²) in [4.78, 5) is 37.0. The minimum atomic E-state index is -0.786. The van der Waals surface area contributed by atoms with Crippen molar-refractivity contribution in [1.29, 1.82) is 0 Å². The number of benzene rings is 4. The number of fused-ring (bicyclic) bond motifs is 2. The molecule has 0 saturated carbocycles. The van der Waals surface area contributed by atoms with Gasteiger partial charge in [-0.1, -0.05) is 22.7 Å². The summed E-state index contributed by atoms with van der Waals surface area (Å²) < 4.78 is 58.0. The number of carbonyl (C=O) groups excluding carboxylic acids is 2. The van der Waals surface area contributed by atoms with Gasteiger partial charge in [0.2, 0.25) is 0 Å². The minimum absolute atomic E-state index is 0.0373. The van der Waals surface area contributed by atoms with E-state index in [1.807, 2.05) is 12.1 Å². The summed E-state index contributed by atoms with van der Waals surface area (Å²) in [5, 5.41) is 3.32. The van der Waals surface area contributed by atoms with E-state index in [0.29, 0.717) is 16.3 Å². The van der Waals surface area contributed by atoms with Crippen molar-refractivity contribution in [2.75, 3.05) is 13.1 Å². The summed E-state index contributed by atoms with van der Waals surface area (Å²) in [6.45, 7) is 6.18. The number of H-pyrrole nitrogens is 1. The first-order valence-electron chi connectivity index (χ1n) is 17.5. The molecule has 2 aliphatic heterocycles. The molecule has 4 heterocycles. The summed E-state index contributed by atoms with van der Waals surface area (Å²) in [5.74, 6) is -3.02. The molecule has 0 bridgehead atoms. The number of para-hydroxylation sites is 1. The van der Waals surface area contributed by atoms with Gasteiger partial charge in [-0.15, -0.1) is 0 Å². The Morgan fingerprint density at radius 3 is 2.23 bits per heavy atom. The molecule has 0 radical (unpaired) electrons. The van der Waals surface area contributed by atoms with Crippen LogP contribution in [0.5, 0.6) is 0 Å². The number of aromatic amines is 1. The summed E-state index contributed by atoms with van der Waals surface area (Å²) in [5.41, 5.74) is 13.5. The molecule has 4 aromatic carbocycles. The maximum Gasteiger partial charge on any atom is 0.251 e. The van der Waals surface area contributed by atoms with Crippen molar-refractivity contribution in [2.45, 2.75) is 57.7 Å². The van der Waals surface area contributed by atoms with Crippen LogP contribution in [0.1, 0.15) is 83.5 Å². The topological polar surface area (TPSA) is 148 Å². The molecule has 0 aliphatic carbocycles. The molecular weight excluding hydrogens is 688 g/mol. The number of carbonyl (C=O) groups is 2. The summed E-state index contributed by atoms with van der Waals surface area (Å²) in [6, 6.07) is 17.2. The molecule has 0 spiro atoms. The van der Waals surface area contributed by atoms with Crippen LogP contribution < -0.4 is 16.8 Å². The number of nitrogens with zero attached hydrogens (tertiary/aromatic N) is 4. The molecule has 14 heteroatoms. The number of aromatic nitrogens is 4. The zero-order valence-electron chi connectivity index (χ0n) is 29.1. The Balaban J connectivity index is 0.000000165. The fourth-order valence-electron chi connectivity index (χ4n) is 7.43. The highest BCUT2D eigenvalue weighted by atomic mass is 19.2. The number of hydrogen-bond acceptors (Lipinski definition) is 6. The van der Waals surface area contributed by atoms with Gasteiger partial charge < -0.3 is 21.8 Å². The van der Waals surface area contributed by atoms with E-state index in [9.17, 15) is 27.2 Å². The molecule has 2 atom stereocenters. The van der Waals surface area contributed by atoms with Crippen LogP contribution in [0.25, 0.3) is 44.8 Å². The van der Waals surface area contributed by atoms with Gasteiger partial charge in [-0.2, -0.15) is 4.79 Å². The standard InChI is InChI=1S/C21H22F2N4O.C18H16F2N4O/c1-12(2)26-10-4-7-17(26)13-8-9-14(16(22)11-13)21-25-19-15(20(24)28)5-3-6-18(19)27(21)23;19-10-7-12(17(21)25)16-15(8-10)23-18(24-16)11-4-3-9(6-13(11)20)14-2-1-5-22-14/h3,5-6,8-9,11-12,17H,4,7,10H2,1-2H3,(H2,24,28);3-4,6-8,14,22H,1-2,5H2,(H2,21,25)(H,23,24). The highest BCUT2D eigenvalue weighted by molar-refractivity contribution is 6.05. The van der Waals surface area contributed by atoms with Crippen LogP contribution in [0, 0.1) is 17.5 Å². The zero-order valence-corrected chi connectivity index (χ0v) is 29.1. The second kappa shape index (κ2) is 14.4. The van der Waals surface area contributed by atoms with Crippen molar-refractivity contribution >= 4 is 33.9 Å². The number of primary amides is 2. The predicted molar refractivity (Wildman–Crippen MR) is 194 cm³/mol. The third kappa shape index (κ3) is 6.87. The van der Waals surface area contributed by atoms with Gasteiger partial charge in [0, 0.05) is 18.1 Å². The van der Waals surface area contributed by atoms with Crippen molar-refractivity contribution in [3.8, 4) is 22.8 Å². The number of rotatable bonds is 7. The van der Waals surface area contributed by atoms with E-state index in [1.165, 1.54) is 36.4 Å². The van der Waals surface area contributed by atoms with Gasteiger partial charge in [0.15, 0.2) is 5.82 Å². The summed E-state index contributed by atoms with van der Waals surface area (Å²) >= 11 is 0. The Bertz CT molecular complexity index is 2370. The molecule has 8 rings (SSSR count). The average molecular weight is 727 g/mol. The largest absolute Gasteiger partial charge is 0.366 e. The third-order valence-corrected chi connectivity index (χ3v) is 10.00. The van der Waals surface area contributed by atoms with Gasteiger partial charge in [0.25, 0.3) is 11.8 Å². The van der Waals surface area contributed by atoms with Crippen molar-refractivity contribution in [3.63, 3.8) is 0 Å². The smallest absolute Gasteiger partial charge is 0.251 e. The monoisotopic (exact) mass is 726 g/mol. The molecular formula is C39H38F4N8O2. The highest BCUT2D eigenvalue weighted by Crippen LogP contribution is 2.36. The molecule has 2 aliphatic rings. The van der Waals surface area contributed by atoms with Gasteiger partial charge in [-0.3, -0.25) is 14.5 Å². The van der Waals surface area contributed by atoms with Gasteiger partial charge in [-0.05, 0) is 112 Å². The fourth-order valence-corrected chi connectivity index (χ4v) is 7.43. The Morgan fingerprint density at radius 1 is 0.830 bits per heavy atom. The van der Waals surface area contributed by atoms with Crippen LogP contribution in [0.4, 0.5) is 17.7 Å². The average Bonchev–Trinajstić information content (AvgIpc) is 3.95. The second-order valence-electron chi connectivity index (χ2n) is 13.7. The molecule has 274 valence electrons. The van der Waals surface area contributed by atoms with Crippen molar-refractivity contribution in [1.82, 2.24) is 30.0 Å². The minimum Gasteiger partial charge on any atom is -0.366 e. The predicted octanol–water partition coefficient (Wildman–Crippen LogP) is 7.25. The number of nitrogens with two attached hydrogens (primary N) is 2. The van der Waals surface area contributed by atoms with Crippen LogP contribution >= 0.6 is 0 Å². The van der Waals surface area contributed by atoms with Crippen LogP contribution in [0.15, 0.2) is 66.7 Å². The first kappa shape index (κ1) is 35.8. The Kier molecular flexibility index (Phi) is 9.75. The number of hydrogen-bond donors (Lipinski definition) is 4. The number of likely N-dealkylation sites (tertiary alicyclic amines) is 1. The molecule has 2 unspecified atom stereocenters. The summed E-state index contributed by atoms with van der Waals surface area (Å²) in [7, 11) is 0. The normalized spacial score (nSPS) is 17.5. The summed E-state index contributed by atoms with van der Waals surface area (Å²) in [6.07, 6.45) is 4.09. The molecule has 10 nitrogen and oxygen atoms in total. The molecule has 53 heavy (non-hydrogen) atoms. The van der Waals surface area contributed by atoms with E-state index in [-0.39, 0.29) is 62.5 Å². The maximum atomic E-state index is 15.0. The zero-order chi connectivity index (χ0) is 37.6. The van der Waals surface area contributed by atoms with E-state index < -0.39 is 29.3 Å². The third-order valence-electron chi connectivity index (χ3n) is 10.00.